The van der Waals surface area contributed by atoms with Crippen molar-refractivity contribution in [3.63, 3.8) is 0 Å². The first-order valence-corrected chi connectivity index (χ1v) is 4.53. The third-order valence-corrected chi connectivity index (χ3v) is 2.40. The molecular weight excluding hydrogens is 166 g/mol. The van der Waals surface area contributed by atoms with Crippen LogP contribution in [0.4, 0.5) is 0 Å². The minimum atomic E-state index is 0.412. The molecule has 1 aromatic rings. The lowest BCUT2D eigenvalue weighted by molar-refractivity contribution is 0.173. The standard InChI is InChI=1S/C9H15N3O/c1-12-5-7-3-10-4-8(6-13-2)9(7)11-12/h5,8,10H,3-4,6H2,1-2H3. The van der Waals surface area contributed by atoms with Crippen LogP contribution in [0.3, 0.4) is 0 Å². The molecule has 2 heterocycles. The molecule has 0 saturated carbocycles. The first-order chi connectivity index (χ1) is 6.31. The molecule has 1 aromatic heterocycles. The molecule has 13 heavy (non-hydrogen) atoms. The molecule has 4 nitrogen and oxygen atoms in total. The monoisotopic (exact) mass is 181 g/mol. The first-order valence-electron chi connectivity index (χ1n) is 4.53. The zero-order valence-electron chi connectivity index (χ0n) is 8.08. The van der Waals surface area contributed by atoms with Crippen molar-refractivity contribution in [2.24, 2.45) is 7.05 Å². The number of aromatic nitrogens is 2. The smallest absolute Gasteiger partial charge is 0.0736 e. The third kappa shape index (κ3) is 1.59. The van der Waals surface area contributed by atoms with Crippen molar-refractivity contribution in [1.82, 2.24) is 15.1 Å². The van der Waals surface area contributed by atoms with E-state index < -0.39 is 0 Å². The Hall–Kier alpha value is -0.870. The van der Waals surface area contributed by atoms with Gasteiger partial charge in [-0.1, -0.05) is 0 Å². The van der Waals surface area contributed by atoms with Crippen LogP contribution in [0.25, 0.3) is 0 Å². The van der Waals surface area contributed by atoms with Crippen molar-refractivity contribution in [2.45, 2.75) is 12.5 Å². The van der Waals surface area contributed by atoms with Crippen molar-refractivity contribution in [3.8, 4) is 0 Å². The van der Waals surface area contributed by atoms with Gasteiger partial charge in [0.15, 0.2) is 0 Å². The Morgan fingerprint density at radius 3 is 3.38 bits per heavy atom. The number of nitrogens with one attached hydrogen (secondary N) is 1. The highest BCUT2D eigenvalue weighted by Gasteiger charge is 2.22. The van der Waals surface area contributed by atoms with E-state index in [-0.39, 0.29) is 0 Å². The molecule has 4 heteroatoms. The predicted octanol–water partition coefficient (Wildman–Crippen LogP) is 0.253. The van der Waals surface area contributed by atoms with E-state index >= 15 is 0 Å². The van der Waals surface area contributed by atoms with E-state index in [1.807, 2.05) is 11.7 Å². The molecular formula is C9H15N3O. The fourth-order valence-corrected chi connectivity index (χ4v) is 1.85. The Morgan fingerprint density at radius 2 is 2.62 bits per heavy atom. The number of hydrogen-bond donors (Lipinski definition) is 1. The van der Waals surface area contributed by atoms with Gasteiger partial charge in [0.1, 0.15) is 0 Å². The van der Waals surface area contributed by atoms with Crippen LogP contribution < -0.4 is 5.32 Å². The highest BCUT2D eigenvalue weighted by molar-refractivity contribution is 5.24. The number of ether oxygens (including phenoxy) is 1. The average Bonchev–Trinajstić information content (AvgIpc) is 2.47. The minimum absolute atomic E-state index is 0.412. The zero-order valence-corrected chi connectivity index (χ0v) is 8.08. The summed E-state index contributed by atoms with van der Waals surface area (Å²) in [4.78, 5) is 0. The highest BCUT2D eigenvalue weighted by Crippen LogP contribution is 2.21. The van der Waals surface area contributed by atoms with Crippen molar-refractivity contribution in [2.75, 3.05) is 20.3 Å². The molecule has 1 aliphatic heterocycles. The van der Waals surface area contributed by atoms with Crippen LogP contribution in [-0.2, 0) is 18.3 Å². The van der Waals surface area contributed by atoms with E-state index in [2.05, 4.69) is 16.6 Å². The van der Waals surface area contributed by atoms with Crippen LogP contribution in [0, 0.1) is 0 Å². The van der Waals surface area contributed by atoms with Crippen molar-refractivity contribution >= 4 is 0 Å². The Bertz CT molecular complexity index is 295. The topological polar surface area (TPSA) is 39.1 Å². The number of rotatable bonds is 2. The molecule has 0 bridgehead atoms. The van der Waals surface area contributed by atoms with Crippen LogP contribution in [0.1, 0.15) is 17.2 Å². The van der Waals surface area contributed by atoms with Crippen LogP contribution in [0.5, 0.6) is 0 Å². The van der Waals surface area contributed by atoms with E-state index in [4.69, 9.17) is 4.74 Å². The van der Waals surface area contributed by atoms with Gasteiger partial charge in [0.2, 0.25) is 0 Å². The van der Waals surface area contributed by atoms with E-state index in [9.17, 15) is 0 Å². The second-order valence-electron chi connectivity index (χ2n) is 3.50. The molecule has 0 amide bonds. The van der Waals surface area contributed by atoms with Crippen LogP contribution in [-0.4, -0.2) is 30.0 Å². The lowest BCUT2D eigenvalue weighted by Gasteiger charge is -2.20. The molecule has 2 rings (SSSR count). The average molecular weight is 181 g/mol. The van der Waals surface area contributed by atoms with E-state index in [1.54, 1.807) is 7.11 Å². The van der Waals surface area contributed by atoms with Crippen molar-refractivity contribution < 1.29 is 4.74 Å². The molecule has 0 fully saturated rings. The zero-order chi connectivity index (χ0) is 9.26. The van der Waals surface area contributed by atoms with Crippen LogP contribution >= 0.6 is 0 Å². The van der Waals surface area contributed by atoms with Crippen molar-refractivity contribution in [1.29, 1.82) is 0 Å². The highest BCUT2D eigenvalue weighted by atomic mass is 16.5. The minimum Gasteiger partial charge on any atom is -0.384 e. The van der Waals surface area contributed by atoms with Gasteiger partial charge in [0.05, 0.1) is 12.3 Å². The molecule has 0 spiro atoms. The van der Waals surface area contributed by atoms with Gasteiger partial charge in [-0.3, -0.25) is 4.68 Å². The van der Waals surface area contributed by atoms with Crippen LogP contribution in [0.2, 0.25) is 0 Å². The Balaban J connectivity index is 2.25. The van der Waals surface area contributed by atoms with Crippen molar-refractivity contribution in [3.05, 3.63) is 17.5 Å². The van der Waals surface area contributed by atoms with Gasteiger partial charge in [-0.25, -0.2) is 0 Å². The molecule has 1 unspecified atom stereocenters. The molecule has 0 saturated heterocycles. The molecule has 72 valence electrons. The Morgan fingerprint density at radius 1 is 1.77 bits per heavy atom. The normalized spacial score (nSPS) is 21.5. The summed E-state index contributed by atoms with van der Waals surface area (Å²) in [5.41, 5.74) is 2.50. The summed E-state index contributed by atoms with van der Waals surface area (Å²) < 4.78 is 7.03. The fourth-order valence-electron chi connectivity index (χ4n) is 1.85. The first kappa shape index (κ1) is 8.72. The summed E-state index contributed by atoms with van der Waals surface area (Å²) in [7, 11) is 3.69. The third-order valence-electron chi connectivity index (χ3n) is 2.40. The lowest BCUT2D eigenvalue weighted by Crippen LogP contribution is -2.30. The number of hydrogen-bond acceptors (Lipinski definition) is 3. The predicted molar refractivity (Wildman–Crippen MR) is 49.5 cm³/mol. The molecule has 1 N–H and O–H groups in total. The molecule has 0 aliphatic carbocycles. The van der Waals surface area contributed by atoms with E-state index in [1.165, 1.54) is 11.3 Å². The van der Waals surface area contributed by atoms with Gasteiger partial charge >= 0.3 is 0 Å². The second kappa shape index (κ2) is 3.47. The molecule has 1 atom stereocenters. The SMILES string of the molecule is COCC1CNCc2cn(C)nc21. The number of methoxy groups -OCH3 is 1. The summed E-state index contributed by atoms with van der Waals surface area (Å²) in [6, 6.07) is 0. The Kier molecular flexibility index (Phi) is 2.33. The number of fused-ring (bicyclic) bond motifs is 1. The quantitative estimate of drug-likeness (QED) is 0.711. The maximum Gasteiger partial charge on any atom is 0.0736 e. The largest absolute Gasteiger partial charge is 0.384 e. The maximum absolute atomic E-state index is 5.16. The summed E-state index contributed by atoms with van der Waals surface area (Å²) in [5.74, 6) is 0.412. The maximum atomic E-state index is 5.16. The van der Waals surface area contributed by atoms with E-state index in [0.717, 1.165) is 19.7 Å². The molecule has 0 radical (unpaired) electrons. The summed E-state index contributed by atoms with van der Waals surface area (Å²) in [6.45, 7) is 2.65. The summed E-state index contributed by atoms with van der Waals surface area (Å²) in [6.07, 6.45) is 2.07. The summed E-state index contributed by atoms with van der Waals surface area (Å²) >= 11 is 0. The molecule has 0 aromatic carbocycles. The summed E-state index contributed by atoms with van der Waals surface area (Å²) in [5, 5.41) is 7.80. The van der Waals surface area contributed by atoms with Crippen LogP contribution in [0.15, 0.2) is 6.20 Å². The van der Waals surface area contributed by atoms with Gasteiger partial charge in [-0.05, 0) is 0 Å². The lowest BCUT2D eigenvalue weighted by atomic mass is 9.99. The Labute approximate surface area is 77.9 Å². The van der Waals surface area contributed by atoms with Gasteiger partial charge in [-0.15, -0.1) is 0 Å². The molecule has 1 aliphatic rings. The number of nitrogens with zero attached hydrogens (tertiary/aromatic N) is 2. The number of aryl methyl sites for hydroxylation is 1. The van der Waals surface area contributed by atoms with Gasteiger partial charge in [-0.2, -0.15) is 5.10 Å². The van der Waals surface area contributed by atoms with Gasteiger partial charge < -0.3 is 10.1 Å². The fraction of sp³-hybridized carbons (Fsp3) is 0.667. The van der Waals surface area contributed by atoms with Gasteiger partial charge in [0, 0.05) is 44.9 Å². The second-order valence-corrected chi connectivity index (χ2v) is 3.50. The van der Waals surface area contributed by atoms with Gasteiger partial charge in [0.25, 0.3) is 0 Å². The van der Waals surface area contributed by atoms with E-state index in [0.29, 0.717) is 5.92 Å².